The maximum atomic E-state index is 11.8. The van der Waals surface area contributed by atoms with E-state index in [1.807, 2.05) is 48.5 Å². The molecule has 0 aliphatic heterocycles. The molecular formula is C17H18INO2. The number of anilines is 1. The van der Waals surface area contributed by atoms with Crippen LogP contribution in [0.15, 0.2) is 48.5 Å². The van der Waals surface area contributed by atoms with Crippen LogP contribution in [0.2, 0.25) is 0 Å². The molecule has 21 heavy (non-hydrogen) atoms. The van der Waals surface area contributed by atoms with Crippen LogP contribution in [0.25, 0.3) is 0 Å². The molecule has 2 rings (SSSR count). The highest BCUT2D eigenvalue weighted by Crippen LogP contribution is 2.17. The van der Waals surface area contributed by atoms with E-state index < -0.39 is 0 Å². The highest BCUT2D eigenvalue weighted by atomic mass is 127. The van der Waals surface area contributed by atoms with Gasteiger partial charge in [0.25, 0.3) is 5.91 Å². The average molecular weight is 395 g/mol. The van der Waals surface area contributed by atoms with Gasteiger partial charge < -0.3 is 10.1 Å². The first-order valence-corrected chi connectivity index (χ1v) is 7.90. The lowest BCUT2D eigenvalue weighted by Gasteiger charge is -2.09. The summed E-state index contributed by atoms with van der Waals surface area (Å²) in [6, 6.07) is 15.5. The summed E-state index contributed by atoms with van der Waals surface area (Å²) in [5.74, 6) is 1.02. The Hall–Kier alpha value is -1.56. The lowest BCUT2D eigenvalue weighted by molar-refractivity contribution is -0.118. The van der Waals surface area contributed by atoms with Gasteiger partial charge in [-0.3, -0.25) is 4.79 Å². The molecule has 0 saturated carbocycles. The van der Waals surface area contributed by atoms with E-state index in [-0.39, 0.29) is 12.5 Å². The normalized spacial score (nSPS) is 10.5. The van der Waals surface area contributed by atoms with Gasteiger partial charge in [0, 0.05) is 9.26 Å². The highest BCUT2D eigenvalue weighted by Gasteiger charge is 2.05. The molecule has 3 nitrogen and oxygen atoms in total. The Morgan fingerprint density at radius 3 is 2.29 bits per heavy atom. The third-order valence-electron chi connectivity index (χ3n) is 3.04. The number of nitrogens with one attached hydrogen (secondary N) is 1. The second kappa shape index (κ2) is 7.45. The van der Waals surface area contributed by atoms with Crippen LogP contribution >= 0.6 is 22.6 Å². The maximum Gasteiger partial charge on any atom is 0.262 e. The Morgan fingerprint density at radius 2 is 1.71 bits per heavy atom. The van der Waals surface area contributed by atoms with Crippen LogP contribution in [-0.2, 0) is 4.79 Å². The molecule has 0 fully saturated rings. The minimum atomic E-state index is -0.161. The molecule has 1 amide bonds. The topological polar surface area (TPSA) is 38.3 Å². The Morgan fingerprint density at radius 1 is 1.10 bits per heavy atom. The molecule has 0 aliphatic carbocycles. The fraction of sp³-hybridized carbons (Fsp3) is 0.235. The summed E-state index contributed by atoms with van der Waals surface area (Å²) in [6.07, 6.45) is 0. The third-order valence-corrected chi connectivity index (χ3v) is 3.76. The Balaban J connectivity index is 1.85. The van der Waals surface area contributed by atoms with Crippen LogP contribution in [0.1, 0.15) is 25.3 Å². The molecule has 0 bridgehead atoms. The van der Waals surface area contributed by atoms with Gasteiger partial charge >= 0.3 is 0 Å². The average Bonchev–Trinajstić information content (AvgIpc) is 2.47. The predicted molar refractivity (Wildman–Crippen MR) is 93.8 cm³/mol. The van der Waals surface area contributed by atoms with Crippen molar-refractivity contribution in [3.05, 3.63) is 57.7 Å². The van der Waals surface area contributed by atoms with Crippen molar-refractivity contribution in [1.82, 2.24) is 0 Å². The molecule has 110 valence electrons. The number of carbonyl (C=O) groups excluding carboxylic acids is 1. The summed E-state index contributed by atoms with van der Waals surface area (Å²) in [6.45, 7) is 4.29. The zero-order chi connectivity index (χ0) is 15.2. The fourth-order valence-electron chi connectivity index (χ4n) is 1.83. The van der Waals surface area contributed by atoms with Gasteiger partial charge in [0.1, 0.15) is 5.75 Å². The molecule has 0 saturated heterocycles. The summed E-state index contributed by atoms with van der Waals surface area (Å²) in [4.78, 5) is 11.8. The van der Waals surface area contributed by atoms with Gasteiger partial charge in [0.15, 0.2) is 6.61 Å². The first kappa shape index (κ1) is 15.8. The largest absolute Gasteiger partial charge is 0.484 e. The van der Waals surface area contributed by atoms with Crippen molar-refractivity contribution >= 4 is 34.2 Å². The predicted octanol–water partition coefficient (Wildman–Crippen LogP) is 4.43. The minimum Gasteiger partial charge on any atom is -0.484 e. The molecular weight excluding hydrogens is 377 g/mol. The molecule has 1 N–H and O–H groups in total. The highest BCUT2D eigenvalue weighted by molar-refractivity contribution is 14.1. The van der Waals surface area contributed by atoms with Crippen molar-refractivity contribution in [2.45, 2.75) is 19.8 Å². The fourth-order valence-corrected chi connectivity index (χ4v) is 2.19. The number of hydrogen-bond acceptors (Lipinski definition) is 2. The van der Waals surface area contributed by atoms with E-state index in [0.717, 1.165) is 9.26 Å². The van der Waals surface area contributed by atoms with E-state index >= 15 is 0 Å². The summed E-state index contributed by atoms with van der Waals surface area (Å²) < 4.78 is 6.58. The molecule has 0 spiro atoms. The molecule has 0 unspecified atom stereocenters. The van der Waals surface area contributed by atoms with Crippen molar-refractivity contribution in [3.8, 4) is 5.75 Å². The van der Waals surface area contributed by atoms with Gasteiger partial charge in [-0.2, -0.15) is 0 Å². The minimum absolute atomic E-state index is 0.00647. The molecule has 2 aromatic rings. The molecule has 0 heterocycles. The van der Waals surface area contributed by atoms with Crippen LogP contribution < -0.4 is 10.1 Å². The van der Waals surface area contributed by atoms with Gasteiger partial charge in [-0.15, -0.1) is 0 Å². The summed E-state index contributed by atoms with van der Waals surface area (Å²) >= 11 is 2.23. The quantitative estimate of drug-likeness (QED) is 0.761. The number of benzene rings is 2. The van der Waals surface area contributed by atoms with E-state index in [2.05, 4.69) is 41.8 Å². The SMILES string of the molecule is CC(C)c1ccc(NC(=O)COc2ccc(I)cc2)cc1. The van der Waals surface area contributed by atoms with Crippen molar-refractivity contribution in [2.75, 3.05) is 11.9 Å². The van der Waals surface area contributed by atoms with Crippen molar-refractivity contribution in [2.24, 2.45) is 0 Å². The Labute approximate surface area is 138 Å². The van der Waals surface area contributed by atoms with Crippen molar-refractivity contribution in [3.63, 3.8) is 0 Å². The molecule has 4 heteroatoms. The zero-order valence-electron chi connectivity index (χ0n) is 12.1. The number of carbonyl (C=O) groups is 1. The zero-order valence-corrected chi connectivity index (χ0v) is 14.3. The summed E-state index contributed by atoms with van der Waals surface area (Å²) in [5, 5.41) is 2.82. The summed E-state index contributed by atoms with van der Waals surface area (Å²) in [7, 11) is 0. The smallest absolute Gasteiger partial charge is 0.262 e. The number of halogens is 1. The van der Waals surface area contributed by atoms with Crippen LogP contribution in [0.3, 0.4) is 0 Å². The maximum absolute atomic E-state index is 11.8. The van der Waals surface area contributed by atoms with Gasteiger partial charge in [-0.25, -0.2) is 0 Å². The Kier molecular flexibility index (Phi) is 5.61. The number of amides is 1. The number of ether oxygens (including phenoxy) is 1. The molecule has 0 radical (unpaired) electrons. The lowest BCUT2D eigenvalue weighted by atomic mass is 10.0. The van der Waals surface area contributed by atoms with Gasteiger partial charge in [0.2, 0.25) is 0 Å². The van der Waals surface area contributed by atoms with Gasteiger partial charge in [0.05, 0.1) is 0 Å². The Bertz CT molecular complexity index is 591. The molecule has 0 atom stereocenters. The number of rotatable bonds is 5. The standard InChI is InChI=1S/C17H18INO2/c1-12(2)13-3-7-15(8-4-13)19-17(20)11-21-16-9-5-14(18)6-10-16/h3-10,12H,11H2,1-2H3,(H,19,20). The molecule has 2 aromatic carbocycles. The second-order valence-corrected chi connectivity index (χ2v) is 6.31. The van der Waals surface area contributed by atoms with Crippen LogP contribution in [0.5, 0.6) is 5.75 Å². The first-order valence-electron chi connectivity index (χ1n) is 6.83. The lowest BCUT2D eigenvalue weighted by Crippen LogP contribution is -2.20. The van der Waals surface area contributed by atoms with Crippen LogP contribution in [0.4, 0.5) is 5.69 Å². The monoisotopic (exact) mass is 395 g/mol. The first-order chi connectivity index (χ1) is 10.0. The van der Waals surface area contributed by atoms with Gasteiger partial charge in [-0.1, -0.05) is 26.0 Å². The van der Waals surface area contributed by atoms with E-state index in [9.17, 15) is 4.79 Å². The van der Waals surface area contributed by atoms with Crippen LogP contribution in [0, 0.1) is 3.57 Å². The summed E-state index contributed by atoms with van der Waals surface area (Å²) in [5.41, 5.74) is 2.04. The van der Waals surface area contributed by atoms with E-state index in [4.69, 9.17) is 4.74 Å². The van der Waals surface area contributed by atoms with Crippen LogP contribution in [-0.4, -0.2) is 12.5 Å². The van der Waals surface area contributed by atoms with Crippen molar-refractivity contribution in [1.29, 1.82) is 0 Å². The van der Waals surface area contributed by atoms with Gasteiger partial charge in [-0.05, 0) is 70.5 Å². The second-order valence-electron chi connectivity index (χ2n) is 5.07. The van der Waals surface area contributed by atoms with E-state index in [1.54, 1.807) is 0 Å². The van der Waals surface area contributed by atoms with E-state index in [1.165, 1.54) is 5.56 Å². The van der Waals surface area contributed by atoms with E-state index in [0.29, 0.717) is 11.7 Å². The number of hydrogen-bond donors (Lipinski definition) is 1. The van der Waals surface area contributed by atoms with Crippen molar-refractivity contribution < 1.29 is 9.53 Å². The molecule has 0 aliphatic rings. The third kappa shape index (κ3) is 5.04. The molecule has 0 aromatic heterocycles.